The van der Waals surface area contributed by atoms with Gasteiger partial charge in [-0.2, -0.15) is 0 Å². The number of hydrogen-bond donors (Lipinski definition) is 0. The minimum absolute atomic E-state index is 0.0231. The Morgan fingerprint density at radius 1 is 1.00 bits per heavy atom. The third-order valence-electron chi connectivity index (χ3n) is 6.78. The van der Waals surface area contributed by atoms with Gasteiger partial charge in [0, 0.05) is 30.2 Å². The van der Waals surface area contributed by atoms with Gasteiger partial charge in [0.25, 0.3) is 5.69 Å². The molecular weight excluding hydrogens is 468 g/mol. The van der Waals surface area contributed by atoms with Gasteiger partial charge in [-0.15, -0.1) is 0 Å². The second-order valence-electron chi connectivity index (χ2n) is 9.27. The molecule has 1 unspecified atom stereocenters. The van der Waals surface area contributed by atoms with E-state index in [9.17, 15) is 14.9 Å². The van der Waals surface area contributed by atoms with Crippen LogP contribution in [-0.2, 0) is 11.2 Å². The standard InChI is InChI=1S/C26H32N2O4S2/c29-25-24(18-22-15-16-23(32-22)19-11-10-14-21(17-19)28(30)31)34-26(33)27(25)20-12-8-6-4-2-1-3-5-7-9-13-20/h10-11,14-17,20,24H,1-9,12-13,18H2. The monoisotopic (exact) mass is 500 g/mol. The summed E-state index contributed by atoms with van der Waals surface area (Å²) in [6.07, 6.45) is 13.8. The van der Waals surface area contributed by atoms with Gasteiger partial charge in [-0.05, 0) is 25.0 Å². The lowest BCUT2D eigenvalue weighted by atomic mass is 9.97. The van der Waals surface area contributed by atoms with Gasteiger partial charge in [-0.25, -0.2) is 0 Å². The summed E-state index contributed by atoms with van der Waals surface area (Å²) in [6, 6.07) is 10.2. The number of nitro benzene ring substituents is 1. The molecular formula is C26H32N2O4S2. The molecule has 2 aliphatic rings. The highest BCUT2D eigenvalue weighted by atomic mass is 32.2. The zero-order valence-corrected chi connectivity index (χ0v) is 21.1. The molecule has 1 saturated heterocycles. The van der Waals surface area contributed by atoms with Crippen LogP contribution in [0.1, 0.15) is 76.4 Å². The fourth-order valence-corrected chi connectivity index (χ4v) is 6.58. The van der Waals surface area contributed by atoms with Crippen molar-refractivity contribution in [1.82, 2.24) is 4.90 Å². The van der Waals surface area contributed by atoms with Crippen molar-refractivity contribution in [1.29, 1.82) is 0 Å². The minimum Gasteiger partial charge on any atom is -0.461 e. The zero-order chi connectivity index (χ0) is 23.9. The lowest BCUT2D eigenvalue weighted by molar-refractivity contribution is -0.384. The van der Waals surface area contributed by atoms with Crippen molar-refractivity contribution in [3.05, 3.63) is 52.3 Å². The van der Waals surface area contributed by atoms with E-state index in [1.165, 1.54) is 68.8 Å². The Morgan fingerprint density at radius 3 is 2.29 bits per heavy atom. The van der Waals surface area contributed by atoms with E-state index in [0.29, 0.717) is 27.8 Å². The summed E-state index contributed by atoms with van der Waals surface area (Å²) in [5.41, 5.74) is 0.672. The van der Waals surface area contributed by atoms with Gasteiger partial charge in [0.05, 0.1) is 10.2 Å². The van der Waals surface area contributed by atoms with Crippen molar-refractivity contribution >= 4 is 39.9 Å². The Kier molecular flexibility index (Phi) is 8.78. The molecule has 2 aromatic rings. The van der Waals surface area contributed by atoms with E-state index in [1.807, 2.05) is 11.0 Å². The van der Waals surface area contributed by atoms with Crippen LogP contribution in [0.3, 0.4) is 0 Å². The van der Waals surface area contributed by atoms with E-state index in [-0.39, 0.29) is 22.9 Å². The first-order valence-corrected chi connectivity index (χ1v) is 13.7. The average molecular weight is 501 g/mol. The van der Waals surface area contributed by atoms with Crippen LogP contribution in [0.25, 0.3) is 11.3 Å². The molecule has 34 heavy (non-hydrogen) atoms. The summed E-state index contributed by atoms with van der Waals surface area (Å²) < 4.78 is 6.67. The summed E-state index contributed by atoms with van der Waals surface area (Å²) in [4.78, 5) is 26.0. The molecule has 6 nitrogen and oxygen atoms in total. The van der Waals surface area contributed by atoms with Crippen LogP contribution in [0.2, 0.25) is 0 Å². The molecule has 1 atom stereocenters. The predicted molar refractivity (Wildman–Crippen MR) is 140 cm³/mol. The highest BCUT2D eigenvalue weighted by Crippen LogP contribution is 2.35. The lowest BCUT2D eigenvalue weighted by Gasteiger charge is -2.28. The SMILES string of the molecule is O=C1C(Cc2ccc(-c3cccc([N+](=O)[O-])c3)o2)SC(=S)N1C1CCCCCCCCCCC1. The molecule has 1 aromatic heterocycles. The third kappa shape index (κ3) is 6.27. The van der Waals surface area contributed by atoms with Crippen LogP contribution >= 0.6 is 24.0 Å². The number of amides is 1. The van der Waals surface area contributed by atoms with Crippen molar-refractivity contribution in [3.8, 4) is 11.3 Å². The number of nitrogens with zero attached hydrogens (tertiary/aromatic N) is 2. The van der Waals surface area contributed by atoms with Crippen molar-refractivity contribution in [3.63, 3.8) is 0 Å². The molecule has 0 radical (unpaired) electrons. The molecule has 0 spiro atoms. The Balaban J connectivity index is 1.41. The number of non-ortho nitro benzene ring substituents is 1. The second kappa shape index (κ2) is 12.0. The maximum Gasteiger partial charge on any atom is 0.270 e. The first kappa shape index (κ1) is 24.9. The first-order chi connectivity index (χ1) is 16.5. The zero-order valence-electron chi connectivity index (χ0n) is 19.4. The first-order valence-electron chi connectivity index (χ1n) is 12.4. The molecule has 2 fully saturated rings. The lowest BCUT2D eigenvalue weighted by Crippen LogP contribution is -2.41. The predicted octanol–water partition coefficient (Wildman–Crippen LogP) is 7.30. The quantitative estimate of drug-likeness (QED) is 0.243. The molecule has 1 aliphatic heterocycles. The molecule has 8 heteroatoms. The Labute approximate surface area is 210 Å². The maximum absolute atomic E-state index is 13.4. The van der Waals surface area contributed by atoms with Crippen molar-refractivity contribution < 1.29 is 14.1 Å². The Morgan fingerprint density at radius 2 is 1.65 bits per heavy atom. The van der Waals surface area contributed by atoms with E-state index in [0.717, 1.165) is 25.7 Å². The van der Waals surface area contributed by atoms with E-state index >= 15 is 0 Å². The minimum atomic E-state index is -0.417. The number of carbonyl (C=O) groups excluding carboxylic acids is 1. The summed E-state index contributed by atoms with van der Waals surface area (Å²) in [6.45, 7) is 0. The van der Waals surface area contributed by atoms with Gasteiger partial charge in [0.15, 0.2) is 0 Å². The van der Waals surface area contributed by atoms with Crippen LogP contribution in [0.4, 0.5) is 5.69 Å². The third-order valence-corrected chi connectivity index (χ3v) is 8.32. The molecule has 0 bridgehead atoms. The highest BCUT2D eigenvalue weighted by Gasteiger charge is 2.40. The summed E-state index contributed by atoms with van der Waals surface area (Å²) in [7, 11) is 0. The molecule has 1 aliphatic carbocycles. The van der Waals surface area contributed by atoms with Gasteiger partial charge in [-0.3, -0.25) is 19.8 Å². The maximum atomic E-state index is 13.4. The Bertz CT molecular complexity index is 1010. The molecule has 1 saturated carbocycles. The molecule has 182 valence electrons. The van der Waals surface area contributed by atoms with Crippen LogP contribution in [0.15, 0.2) is 40.8 Å². The normalized spacial score (nSPS) is 21.3. The smallest absolute Gasteiger partial charge is 0.270 e. The van der Waals surface area contributed by atoms with Crippen molar-refractivity contribution in [2.24, 2.45) is 0 Å². The van der Waals surface area contributed by atoms with Crippen LogP contribution in [0, 0.1) is 10.1 Å². The molecule has 4 rings (SSSR count). The number of thioether (sulfide) groups is 1. The second-order valence-corrected chi connectivity index (χ2v) is 11.1. The highest BCUT2D eigenvalue weighted by molar-refractivity contribution is 8.24. The summed E-state index contributed by atoms with van der Waals surface area (Å²) >= 11 is 7.14. The molecule has 2 heterocycles. The van der Waals surface area contributed by atoms with Gasteiger partial charge >= 0.3 is 0 Å². The fraction of sp³-hybridized carbons (Fsp3) is 0.538. The number of carbonyl (C=O) groups is 1. The Hall–Kier alpha value is -2.19. The number of rotatable bonds is 5. The van der Waals surface area contributed by atoms with Gasteiger partial charge in [0.2, 0.25) is 5.91 Å². The van der Waals surface area contributed by atoms with Gasteiger partial charge in [-0.1, -0.05) is 93.9 Å². The number of furan rings is 1. The average Bonchev–Trinajstić information content (AvgIpc) is 3.39. The number of hydrogen-bond acceptors (Lipinski definition) is 6. The van der Waals surface area contributed by atoms with E-state index < -0.39 is 4.92 Å². The van der Waals surface area contributed by atoms with Gasteiger partial charge in [0.1, 0.15) is 15.8 Å². The topological polar surface area (TPSA) is 76.6 Å². The molecule has 0 N–H and O–H groups in total. The van der Waals surface area contributed by atoms with Crippen LogP contribution in [-0.4, -0.2) is 31.3 Å². The summed E-state index contributed by atoms with van der Waals surface area (Å²) in [5.74, 6) is 1.35. The molecule has 1 amide bonds. The van der Waals surface area contributed by atoms with Crippen molar-refractivity contribution in [2.45, 2.75) is 88.3 Å². The van der Waals surface area contributed by atoms with E-state index in [1.54, 1.807) is 18.2 Å². The number of thiocarbonyl (C=S) groups is 1. The molecule has 1 aromatic carbocycles. The van der Waals surface area contributed by atoms with Crippen LogP contribution < -0.4 is 0 Å². The summed E-state index contributed by atoms with van der Waals surface area (Å²) in [5, 5.41) is 10.8. The van der Waals surface area contributed by atoms with Crippen molar-refractivity contribution in [2.75, 3.05) is 0 Å². The fourth-order valence-electron chi connectivity index (χ4n) is 4.93. The largest absolute Gasteiger partial charge is 0.461 e. The number of nitro groups is 1. The van der Waals surface area contributed by atoms with Gasteiger partial charge < -0.3 is 4.42 Å². The van der Waals surface area contributed by atoms with E-state index in [4.69, 9.17) is 16.6 Å². The number of benzene rings is 1. The van der Waals surface area contributed by atoms with Crippen LogP contribution in [0.5, 0.6) is 0 Å². The van der Waals surface area contributed by atoms with E-state index in [2.05, 4.69) is 0 Å².